The van der Waals surface area contributed by atoms with Gasteiger partial charge in [0.1, 0.15) is 5.75 Å². The summed E-state index contributed by atoms with van der Waals surface area (Å²) in [6.07, 6.45) is 1.59. The number of hydrogen-bond acceptors (Lipinski definition) is 4. The van der Waals surface area contributed by atoms with Crippen molar-refractivity contribution in [3.63, 3.8) is 0 Å². The summed E-state index contributed by atoms with van der Waals surface area (Å²) in [6, 6.07) is 15.0. The summed E-state index contributed by atoms with van der Waals surface area (Å²) in [5, 5.41) is 4.65. The third-order valence-corrected chi connectivity index (χ3v) is 4.17. The Kier molecular flexibility index (Phi) is 6.97. The smallest absolute Gasteiger partial charge is 0.250 e. The molecule has 6 heteroatoms. The summed E-state index contributed by atoms with van der Waals surface area (Å²) in [7, 11) is 1.61. The Bertz CT molecular complexity index is 675. The van der Waals surface area contributed by atoms with Crippen LogP contribution in [-0.4, -0.2) is 25.0 Å². The van der Waals surface area contributed by atoms with Crippen molar-refractivity contribution in [1.82, 2.24) is 5.43 Å². The molecule has 0 aromatic heterocycles. The molecule has 0 atom stereocenters. The lowest BCUT2D eigenvalue weighted by atomic mass is 10.2. The highest BCUT2D eigenvalue weighted by Crippen LogP contribution is 2.15. The lowest BCUT2D eigenvalue weighted by Crippen LogP contribution is -2.19. The summed E-state index contributed by atoms with van der Waals surface area (Å²) < 4.78 is 5.12. The molecule has 0 unspecified atom stereocenters. The molecule has 0 saturated carbocycles. The van der Waals surface area contributed by atoms with Crippen LogP contribution in [0.1, 0.15) is 11.1 Å². The fourth-order valence-electron chi connectivity index (χ4n) is 1.78. The van der Waals surface area contributed by atoms with Crippen LogP contribution < -0.4 is 10.2 Å². The van der Waals surface area contributed by atoms with Crippen molar-refractivity contribution in [1.29, 1.82) is 0 Å². The van der Waals surface area contributed by atoms with Crippen molar-refractivity contribution >= 4 is 35.5 Å². The average molecular weight is 349 g/mol. The monoisotopic (exact) mass is 348 g/mol. The van der Waals surface area contributed by atoms with Crippen LogP contribution in [0.2, 0.25) is 5.02 Å². The maximum Gasteiger partial charge on any atom is 0.250 e. The number of carbonyl (C=O) groups excluding carboxylic acids is 1. The van der Waals surface area contributed by atoms with Crippen molar-refractivity contribution in [3.8, 4) is 5.75 Å². The maximum atomic E-state index is 11.7. The van der Waals surface area contributed by atoms with Crippen LogP contribution >= 0.6 is 23.4 Å². The summed E-state index contributed by atoms with van der Waals surface area (Å²) in [4.78, 5) is 11.7. The van der Waals surface area contributed by atoms with Crippen LogP contribution in [0.25, 0.3) is 0 Å². The number of nitrogens with one attached hydrogen (secondary N) is 1. The average Bonchev–Trinajstić information content (AvgIpc) is 2.57. The number of benzene rings is 2. The van der Waals surface area contributed by atoms with E-state index in [-0.39, 0.29) is 5.91 Å². The molecular formula is C17H17ClN2O2S. The zero-order valence-corrected chi connectivity index (χ0v) is 14.2. The van der Waals surface area contributed by atoms with Gasteiger partial charge in [0.05, 0.1) is 19.1 Å². The molecule has 0 fully saturated rings. The molecule has 0 aliphatic heterocycles. The number of methoxy groups -OCH3 is 1. The van der Waals surface area contributed by atoms with Gasteiger partial charge in [0.2, 0.25) is 5.91 Å². The molecule has 23 heavy (non-hydrogen) atoms. The van der Waals surface area contributed by atoms with Gasteiger partial charge in [-0.05, 0) is 35.4 Å². The first-order chi connectivity index (χ1) is 11.2. The van der Waals surface area contributed by atoms with E-state index in [2.05, 4.69) is 10.5 Å². The van der Waals surface area contributed by atoms with Gasteiger partial charge < -0.3 is 4.74 Å². The minimum absolute atomic E-state index is 0.136. The number of rotatable bonds is 7. The lowest BCUT2D eigenvalue weighted by molar-refractivity contribution is -0.118. The third kappa shape index (κ3) is 6.34. The van der Waals surface area contributed by atoms with E-state index in [1.165, 1.54) is 11.8 Å². The lowest BCUT2D eigenvalue weighted by Gasteiger charge is -2.02. The molecule has 0 radical (unpaired) electrons. The van der Waals surface area contributed by atoms with Crippen molar-refractivity contribution in [2.75, 3.05) is 12.9 Å². The minimum Gasteiger partial charge on any atom is -0.497 e. The number of amides is 1. The number of hydrogen-bond donors (Lipinski definition) is 1. The molecule has 4 nitrogen and oxygen atoms in total. The molecule has 0 bridgehead atoms. The van der Waals surface area contributed by atoms with E-state index in [0.717, 1.165) is 22.6 Å². The topological polar surface area (TPSA) is 50.7 Å². The number of ether oxygens (including phenoxy) is 1. The van der Waals surface area contributed by atoms with E-state index in [4.69, 9.17) is 16.3 Å². The largest absolute Gasteiger partial charge is 0.497 e. The predicted molar refractivity (Wildman–Crippen MR) is 96.3 cm³/mol. The van der Waals surface area contributed by atoms with E-state index in [0.29, 0.717) is 10.8 Å². The zero-order valence-electron chi connectivity index (χ0n) is 12.7. The van der Waals surface area contributed by atoms with Gasteiger partial charge in [-0.3, -0.25) is 4.79 Å². The van der Waals surface area contributed by atoms with Crippen LogP contribution in [0, 0.1) is 0 Å². The van der Waals surface area contributed by atoms with E-state index in [9.17, 15) is 4.79 Å². The molecule has 2 aromatic carbocycles. The molecule has 0 spiro atoms. The van der Waals surface area contributed by atoms with E-state index >= 15 is 0 Å². The molecule has 120 valence electrons. The second-order valence-corrected chi connectivity index (χ2v) is 6.11. The SMILES string of the molecule is COc1cccc(/C=N\NC(=O)CSCc2ccc(Cl)cc2)c1. The highest BCUT2D eigenvalue weighted by molar-refractivity contribution is 7.99. The van der Waals surface area contributed by atoms with Gasteiger partial charge in [0.25, 0.3) is 0 Å². The molecular weight excluding hydrogens is 332 g/mol. The summed E-state index contributed by atoms with van der Waals surface area (Å²) in [6.45, 7) is 0. The Morgan fingerprint density at radius 1 is 1.30 bits per heavy atom. The maximum absolute atomic E-state index is 11.7. The van der Waals surface area contributed by atoms with Crippen molar-refractivity contribution in [2.45, 2.75) is 5.75 Å². The van der Waals surface area contributed by atoms with Crippen LogP contribution in [0.5, 0.6) is 5.75 Å². The van der Waals surface area contributed by atoms with Gasteiger partial charge in [-0.15, -0.1) is 11.8 Å². The van der Waals surface area contributed by atoms with Gasteiger partial charge in [-0.25, -0.2) is 5.43 Å². The molecule has 0 aliphatic carbocycles. The van der Waals surface area contributed by atoms with Crippen LogP contribution in [-0.2, 0) is 10.5 Å². The van der Waals surface area contributed by atoms with Crippen molar-refractivity contribution in [3.05, 3.63) is 64.7 Å². The van der Waals surface area contributed by atoms with E-state index in [1.54, 1.807) is 13.3 Å². The first-order valence-electron chi connectivity index (χ1n) is 6.95. The first-order valence-corrected chi connectivity index (χ1v) is 8.49. The van der Waals surface area contributed by atoms with Gasteiger partial charge in [0.15, 0.2) is 0 Å². The Morgan fingerprint density at radius 3 is 2.83 bits per heavy atom. The quantitative estimate of drug-likeness (QED) is 0.612. The number of halogens is 1. The van der Waals surface area contributed by atoms with Crippen LogP contribution in [0.15, 0.2) is 53.6 Å². The Labute approximate surface area is 144 Å². The molecule has 0 saturated heterocycles. The molecule has 1 N–H and O–H groups in total. The van der Waals surface area contributed by atoms with Gasteiger partial charge >= 0.3 is 0 Å². The highest BCUT2D eigenvalue weighted by atomic mass is 35.5. The summed E-state index contributed by atoms with van der Waals surface area (Å²) in [5.41, 5.74) is 4.50. The molecule has 2 aromatic rings. The van der Waals surface area contributed by atoms with Crippen molar-refractivity contribution in [2.24, 2.45) is 5.10 Å². The van der Waals surface area contributed by atoms with Crippen LogP contribution in [0.3, 0.4) is 0 Å². The van der Waals surface area contributed by atoms with Crippen LogP contribution in [0.4, 0.5) is 0 Å². The minimum atomic E-state index is -0.136. The summed E-state index contributed by atoms with van der Waals surface area (Å²) >= 11 is 7.35. The Morgan fingerprint density at radius 2 is 2.09 bits per heavy atom. The fraction of sp³-hybridized carbons (Fsp3) is 0.176. The van der Waals surface area contributed by atoms with Gasteiger partial charge in [-0.1, -0.05) is 35.9 Å². The standard InChI is InChI=1S/C17H17ClN2O2S/c1-22-16-4-2-3-14(9-16)10-19-20-17(21)12-23-11-13-5-7-15(18)8-6-13/h2-10H,11-12H2,1H3,(H,20,21)/b19-10-. The number of nitrogens with zero attached hydrogens (tertiary/aromatic N) is 1. The molecule has 0 aliphatic rings. The second kappa shape index (κ2) is 9.22. The van der Waals surface area contributed by atoms with Gasteiger partial charge in [-0.2, -0.15) is 5.10 Å². The first kappa shape index (κ1) is 17.4. The molecule has 2 rings (SSSR count). The molecule has 0 heterocycles. The summed E-state index contributed by atoms with van der Waals surface area (Å²) in [5.74, 6) is 1.71. The fourth-order valence-corrected chi connectivity index (χ4v) is 2.68. The van der Waals surface area contributed by atoms with Gasteiger partial charge in [0, 0.05) is 10.8 Å². The number of thioether (sulfide) groups is 1. The highest BCUT2D eigenvalue weighted by Gasteiger charge is 2.01. The second-order valence-electron chi connectivity index (χ2n) is 4.69. The Hall–Kier alpha value is -1.98. The zero-order chi connectivity index (χ0) is 16.5. The number of carbonyl (C=O) groups is 1. The molecule has 1 amide bonds. The number of hydrazone groups is 1. The normalized spacial score (nSPS) is 10.7. The predicted octanol–water partition coefficient (Wildman–Crippen LogP) is 3.73. The van der Waals surface area contributed by atoms with Crippen molar-refractivity contribution < 1.29 is 9.53 Å². The van der Waals surface area contributed by atoms with E-state index in [1.807, 2.05) is 48.5 Å². The van der Waals surface area contributed by atoms with E-state index < -0.39 is 0 Å². The third-order valence-electron chi connectivity index (χ3n) is 2.91. The Balaban J connectivity index is 1.72.